The lowest BCUT2D eigenvalue weighted by atomic mass is 9.97. The summed E-state index contributed by atoms with van der Waals surface area (Å²) in [7, 11) is 0. The highest BCUT2D eigenvalue weighted by Crippen LogP contribution is 2.26. The highest BCUT2D eigenvalue weighted by molar-refractivity contribution is 5.99. The first-order valence-electron chi connectivity index (χ1n) is 35.0. The maximum Gasteiger partial charge on any atom is 0.245 e. The summed E-state index contributed by atoms with van der Waals surface area (Å²) < 4.78 is 23.2. The number of phenolic OH excluding ortho intramolecular Hbond substituents is 1. The molecule has 3 aliphatic heterocycles. The van der Waals surface area contributed by atoms with Crippen LogP contribution in [0.25, 0.3) is 0 Å². The van der Waals surface area contributed by atoms with Crippen LogP contribution >= 0.6 is 0 Å². The molecular weight excluding hydrogens is 1440 g/mol. The Morgan fingerprint density at radius 3 is 1.30 bits per heavy atom. The van der Waals surface area contributed by atoms with Crippen LogP contribution in [0.5, 0.6) is 5.75 Å². The van der Waals surface area contributed by atoms with E-state index >= 15 is 4.79 Å². The quantitative estimate of drug-likeness (QED) is 0.0290. The fourth-order valence-electron chi connectivity index (χ4n) is 11.7. The molecule has 0 bridgehead atoms. The van der Waals surface area contributed by atoms with E-state index in [9.17, 15) is 113 Å². The van der Waals surface area contributed by atoms with Crippen molar-refractivity contribution in [3.05, 3.63) is 29.8 Å². The average molecular weight is 1540 g/mol. The van der Waals surface area contributed by atoms with Gasteiger partial charge in [0, 0.05) is 33.7 Å². The van der Waals surface area contributed by atoms with Gasteiger partial charge < -0.3 is 144 Å². The summed E-state index contributed by atoms with van der Waals surface area (Å²) in [4.78, 5) is 192. The SMILES string of the molecule is CC(=O)N[C@H]1[C@H](OC[C@H](NC(=O)[C@H](CO[C@@H]2O[C@H](CO)[C@@H](O)[C@H](O)[C@H]2NC(C)=O)NC(=O)[C@@H](NC(=O)[C@@H]2CCCN2C(=O)[C@H](C)NC(=O)[C@H](CO)NC(=O)[C@H](Cc2ccc(O)cc2)NC(C)=O)C(C)C)C(=O)N[C@@H](CO)C(=O)N[C@@H](CC(C)C)C(=O)N[C@@H](CO)C(=O)N[C@H](C(N)=O)C(C)C)O[C@H](CO)[C@@H](O)[C@@H]1O. The smallest absolute Gasteiger partial charge is 0.245 e. The molecule has 3 fully saturated rings. The van der Waals surface area contributed by atoms with Gasteiger partial charge in [-0.15, -0.1) is 0 Å². The minimum atomic E-state index is -2.23. The summed E-state index contributed by atoms with van der Waals surface area (Å²) in [6, 6.07) is -16.2. The van der Waals surface area contributed by atoms with Crippen molar-refractivity contribution in [2.75, 3.05) is 52.8 Å². The van der Waals surface area contributed by atoms with Crippen molar-refractivity contribution in [3.63, 3.8) is 0 Å². The molecule has 42 nitrogen and oxygen atoms in total. The molecule has 3 aliphatic rings. The van der Waals surface area contributed by atoms with Crippen LogP contribution in [0.1, 0.15) is 94.1 Å². The first kappa shape index (κ1) is 91.5. The molecule has 0 saturated carbocycles. The Kier molecular flexibility index (Phi) is 36.7. The number of primary amides is 1. The van der Waals surface area contributed by atoms with Gasteiger partial charge in [-0.2, -0.15) is 0 Å². The molecule has 0 aliphatic carbocycles. The molecule has 1 aromatic rings. The normalized spacial score (nSPS) is 24.1. The number of nitrogens with two attached hydrogens (primary N) is 1. The predicted molar refractivity (Wildman–Crippen MR) is 369 cm³/mol. The zero-order valence-electron chi connectivity index (χ0n) is 61.5. The molecule has 14 amide bonds. The van der Waals surface area contributed by atoms with Gasteiger partial charge in [0.05, 0.1) is 46.2 Å². The van der Waals surface area contributed by atoms with Gasteiger partial charge in [0.1, 0.15) is 121 Å². The van der Waals surface area contributed by atoms with Gasteiger partial charge in [-0.1, -0.05) is 53.7 Å². The number of hydrogen-bond donors (Lipinski definition) is 23. The minimum absolute atomic E-state index is 0.0164. The molecule has 21 atom stereocenters. The van der Waals surface area contributed by atoms with E-state index in [1.165, 1.54) is 45.0 Å². The van der Waals surface area contributed by atoms with Crippen molar-refractivity contribution in [1.29, 1.82) is 0 Å². The van der Waals surface area contributed by atoms with Gasteiger partial charge in [0.25, 0.3) is 0 Å². The van der Waals surface area contributed by atoms with E-state index in [1.54, 1.807) is 27.7 Å². The van der Waals surface area contributed by atoms with Crippen LogP contribution in [0.2, 0.25) is 0 Å². The third-order valence-corrected chi connectivity index (χ3v) is 17.6. The first-order valence-corrected chi connectivity index (χ1v) is 35.0. The van der Waals surface area contributed by atoms with E-state index in [4.69, 9.17) is 24.7 Å². The number of aliphatic hydroxyl groups excluding tert-OH is 9. The van der Waals surface area contributed by atoms with Gasteiger partial charge >= 0.3 is 0 Å². The van der Waals surface area contributed by atoms with Crippen LogP contribution in [0.15, 0.2) is 24.3 Å². The number of aromatic hydroxyl groups is 1. The van der Waals surface area contributed by atoms with Crippen molar-refractivity contribution in [2.24, 2.45) is 23.5 Å². The number of aliphatic hydroxyl groups is 9. The van der Waals surface area contributed by atoms with Gasteiger partial charge in [-0.05, 0) is 61.6 Å². The largest absolute Gasteiger partial charge is 0.508 e. The number of benzene rings is 1. The van der Waals surface area contributed by atoms with Crippen LogP contribution in [0.4, 0.5) is 0 Å². The Balaban J connectivity index is 1.72. The van der Waals surface area contributed by atoms with Crippen molar-refractivity contribution in [2.45, 2.75) is 223 Å². The third-order valence-electron chi connectivity index (χ3n) is 17.6. The lowest BCUT2D eigenvalue weighted by Gasteiger charge is -2.42. The molecule has 0 unspecified atom stereocenters. The summed E-state index contributed by atoms with van der Waals surface area (Å²) in [6.07, 6.45) is -14.8. The number of nitrogens with one attached hydrogen (secondary N) is 12. The van der Waals surface area contributed by atoms with Gasteiger partial charge in [0.15, 0.2) is 12.6 Å². The zero-order chi connectivity index (χ0) is 81.3. The van der Waals surface area contributed by atoms with Crippen molar-refractivity contribution in [3.8, 4) is 5.75 Å². The molecule has 0 spiro atoms. The van der Waals surface area contributed by atoms with E-state index in [-0.39, 0.29) is 38.0 Å². The van der Waals surface area contributed by atoms with Gasteiger partial charge in [0.2, 0.25) is 82.7 Å². The Labute approximate surface area is 621 Å². The Bertz CT molecular complexity index is 3260. The number of carbonyl (C=O) groups excluding carboxylic acids is 14. The van der Waals surface area contributed by atoms with E-state index in [1.807, 2.05) is 0 Å². The number of phenols is 1. The van der Waals surface area contributed by atoms with Crippen LogP contribution in [0.3, 0.4) is 0 Å². The summed E-state index contributed by atoms with van der Waals surface area (Å²) >= 11 is 0. The second-order valence-corrected chi connectivity index (χ2v) is 27.5. The topological polar surface area (TPSA) is 652 Å². The van der Waals surface area contributed by atoms with Gasteiger partial charge in [-0.3, -0.25) is 67.1 Å². The summed E-state index contributed by atoms with van der Waals surface area (Å²) in [5.41, 5.74) is 5.93. The van der Waals surface area contributed by atoms with Crippen LogP contribution in [-0.4, -0.2) is 319 Å². The monoisotopic (exact) mass is 1540 g/mol. The lowest BCUT2D eigenvalue weighted by Crippen LogP contribution is -2.66. The maximum atomic E-state index is 15.1. The Morgan fingerprint density at radius 1 is 0.491 bits per heavy atom. The molecule has 4 rings (SSSR count). The van der Waals surface area contributed by atoms with Crippen LogP contribution in [0, 0.1) is 17.8 Å². The van der Waals surface area contributed by atoms with Crippen molar-refractivity contribution < 1.29 is 137 Å². The van der Waals surface area contributed by atoms with Crippen LogP contribution < -0.4 is 69.5 Å². The van der Waals surface area contributed by atoms with Crippen molar-refractivity contribution in [1.82, 2.24) is 68.7 Å². The van der Waals surface area contributed by atoms with E-state index in [0.29, 0.717) is 5.56 Å². The zero-order valence-corrected chi connectivity index (χ0v) is 61.5. The number of nitrogens with zero attached hydrogens (tertiary/aromatic N) is 1. The average Bonchev–Trinajstić information content (AvgIpc) is 0.817. The van der Waals surface area contributed by atoms with E-state index in [0.717, 1.165) is 25.7 Å². The van der Waals surface area contributed by atoms with E-state index in [2.05, 4.69) is 63.8 Å². The number of amides is 14. The number of hydrogen-bond acceptors (Lipinski definition) is 28. The van der Waals surface area contributed by atoms with Gasteiger partial charge in [-0.25, -0.2) is 0 Å². The highest BCUT2D eigenvalue weighted by Gasteiger charge is 2.49. The predicted octanol–water partition coefficient (Wildman–Crippen LogP) is -11.4. The fourth-order valence-corrected chi connectivity index (χ4v) is 11.7. The van der Waals surface area contributed by atoms with Crippen molar-refractivity contribution >= 4 is 82.7 Å². The molecule has 1 aromatic carbocycles. The lowest BCUT2D eigenvalue weighted by molar-refractivity contribution is -0.271. The molecule has 608 valence electrons. The minimum Gasteiger partial charge on any atom is -0.508 e. The molecule has 3 saturated heterocycles. The molecule has 24 N–H and O–H groups in total. The molecule has 108 heavy (non-hydrogen) atoms. The van der Waals surface area contributed by atoms with Crippen LogP contribution in [-0.2, 0) is 92.5 Å². The second kappa shape index (κ2) is 43.3. The molecular formula is C66H106N14O28. The number of carbonyl (C=O) groups is 14. The number of rotatable bonds is 40. The third kappa shape index (κ3) is 26.7. The molecule has 3 heterocycles. The Morgan fingerprint density at radius 2 is 0.889 bits per heavy atom. The van der Waals surface area contributed by atoms with E-state index < -0.39 is 274 Å². The summed E-state index contributed by atoms with van der Waals surface area (Å²) in [5, 5.41) is 133. The molecule has 42 heteroatoms. The second-order valence-electron chi connectivity index (χ2n) is 27.5. The Hall–Kier alpha value is -8.92. The fraction of sp³-hybridized carbons (Fsp3) is 0.697. The molecule has 0 radical (unpaired) electrons. The standard InChI is InChI=1S/C66H106N14O28/c1-27(2)18-36(55(95)74-40(22-83)59(99)78-46(28(3)4)54(67)94)72-58(98)39(21-82)75-60(100)41(25-105-65-48(70-32(9)87)52(92)50(90)44(23-84)107-65)76-61(101)42(26-106-66-49(71-33(10)88)53(93)51(91)45(24-85)108-66)77-63(103)47(29(5)6)79-62(102)43-12-11-17-80(43)64(104)30(7)68-57(97)38(20-81)73-56(96)37(69-31(8)86)19-34-13-15-35(89)16-14-34/h13-16,27-30,36-53,65-66,81-85,89-93H,11-12,17-26H2,1-10H3,(H2,67,94)(H,68,97)(H,69,86)(H,70,87)(H,71,88)(H,72,98)(H,73,96)(H,74,95)(H,75,100)(H,76,101)(H,77,103)(H,78,99)(H,79,102)/t30-,36-,37-,38-,39-,40-,41-,42-,43-,44+,45+,46-,47-,48+,49+,50+,51+,52+,53+,65+,66+/m0/s1. The number of likely N-dealkylation sites (tertiary alicyclic amines) is 1. The summed E-state index contributed by atoms with van der Waals surface area (Å²) in [6.45, 7) is 6.10. The summed E-state index contributed by atoms with van der Waals surface area (Å²) in [5.74, 6) is -16.4. The highest BCUT2D eigenvalue weighted by atomic mass is 16.7. The molecule has 0 aromatic heterocycles. The first-order chi connectivity index (χ1) is 50.7. The number of ether oxygens (including phenoxy) is 4. The maximum absolute atomic E-state index is 15.1.